The normalized spacial score (nSPS) is 17.0. The van der Waals surface area contributed by atoms with Crippen LogP contribution in [-0.4, -0.2) is 34.7 Å². The molecule has 138 valence electrons. The summed E-state index contributed by atoms with van der Waals surface area (Å²) >= 11 is 3.33. The highest BCUT2D eigenvalue weighted by Crippen LogP contribution is 2.24. The number of amides is 2. The average molecular weight is 423 g/mol. The lowest BCUT2D eigenvalue weighted by Gasteiger charge is -2.24. The fourth-order valence-corrected chi connectivity index (χ4v) is 3.56. The van der Waals surface area contributed by atoms with Crippen molar-refractivity contribution in [1.82, 2.24) is 9.80 Å². The molecule has 0 radical (unpaired) electrons. The third-order valence-electron chi connectivity index (χ3n) is 4.55. The molecule has 2 amide bonds. The van der Waals surface area contributed by atoms with Gasteiger partial charge in [0.2, 0.25) is 11.8 Å². The van der Waals surface area contributed by atoms with Crippen LogP contribution in [0.2, 0.25) is 0 Å². The van der Waals surface area contributed by atoms with E-state index in [-0.39, 0.29) is 30.6 Å². The van der Waals surface area contributed by atoms with Crippen molar-refractivity contribution < 1.29 is 18.4 Å². The number of hydrogen-bond acceptors (Lipinski definition) is 3. The molecule has 1 aliphatic rings. The maximum absolute atomic E-state index is 14.0. The lowest BCUT2D eigenvalue weighted by Crippen LogP contribution is -2.37. The van der Waals surface area contributed by atoms with E-state index in [1.165, 1.54) is 6.07 Å². The van der Waals surface area contributed by atoms with E-state index in [2.05, 4.69) is 15.9 Å². The number of benzene rings is 1. The van der Waals surface area contributed by atoms with Gasteiger partial charge in [0.05, 0.1) is 18.7 Å². The monoisotopic (exact) mass is 422 g/mol. The molecule has 0 spiro atoms. The van der Waals surface area contributed by atoms with Gasteiger partial charge in [-0.2, -0.15) is 0 Å². The molecule has 2 heterocycles. The molecule has 2 aromatic rings. The predicted octanol–water partition coefficient (Wildman–Crippen LogP) is 3.58. The topological polar surface area (TPSA) is 53.8 Å². The van der Waals surface area contributed by atoms with E-state index < -0.39 is 5.92 Å². The Balaban J connectivity index is 1.67. The summed E-state index contributed by atoms with van der Waals surface area (Å²) in [7, 11) is 0. The van der Waals surface area contributed by atoms with Crippen molar-refractivity contribution in [3.05, 3.63) is 58.2 Å². The highest BCUT2D eigenvalue weighted by molar-refractivity contribution is 9.10. The van der Waals surface area contributed by atoms with Gasteiger partial charge in [0, 0.05) is 36.1 Å². The van der Waals surface area contributed by atoms with Gasteiger partial charge in [-0.15, -0.1) is 0 Å². The van der Waals surface area contributed by atoms with Crippen LogP contribution in [0.4, 0.5) is 4.39 Å². The van der Waals surface area contributed by atoms with Gasteiger partial charge in [-0.25, -0.2) is 4.39 Å². The Hall–Kier alpha value is -2.15. The molecule has 0 bridgehead atoms. The summed E-state index contributed by atoms with van der Waals surface area (Å²) in [6, 6.07) is 8.25. The summed E-state index contributed by atoms with van der Waals surface area (Å²) in [6.45, 7) is 3.21. The molecule has 7 heteroatoms. The van der Waals surface area contributed by atoms with Gasteiger partial charge in [-0.3, -0.25) is 9.59 Å². The van der Waals surface area contributed by atoms with E-state index >= 15 is 0 Å². The van der Waals surface area contributed by atoms with Crippen LogP contribution in [0.3, 0.4) is 0 Å². The second-order valence-corrected chi connectivity index (χ2v) is 7.26. The lowest BCUT2D eigenvalue weighted by atomic mass is 10.1. The van der Waals surface area contributed by atoms with Crippen LogP contribution in [0.5, 0.6) is 0 Å². The number of rotatable bonds is 6. The third kappa shape index (κ3) is 4.15. The first-order valence-electron chi connectivity index (χ1n) is 8.50. The van der Waals surface area contributed by atoms with Crippen LogP contribution in [0, 0.1) is 11.7 Å². The molecule has 1 aromatic carbocycles. The number of carbonyl (C=O) groups is 2. The lowest BCUT2D eigenvalue weighted by molar-refractivity contribution is -0.136. The van der Waals surface area contributed by atoms with Crippen molar-refractivity contribution in [2.75, 3.05) is 13.1 Å². The largest absolute Gasteiger partial charge is 0.467 e. The van der Waals surface area contributed by atoms with Gasteiger partial charge in [-0.05, 0) is 37.3 Å². The van der Waals surface area contributed by atoms with Crippen LogP contribution in [0.1, 0.15) is 24.7 Å². The molecule has 26 heavy (non-hydrogen) atoms. The molecule has 1 fully saturated rings. The van der Waals surface area contributed by atoms with Gasteiger partial charge in [0.25, 0.3) is 0 Å². The van der Waals surface area contributed by atoms with Gasteiger partial charge in [0.1, 0.15) is 11.6 Å². The maximum atomic E-state index is 14.0. The average Bonchev–Trinajstić information content (AvgIpc) is 3.26. The zero-order chi connectivity index (χ0) is 18.7. The molecule has 1 saturated heterocycles. The van der Waals surface area contributed by atoms with Gasteiger partial charge >= 0.3 is 0 Å². The Bertz CT molecular complexity index is 794. The number of furan rings is 1. The number of halogens is 2. The van der Waals surface area contributed by atoms with Crippen molar-refractivity contribution in [1.29, 1.82) is 0 Å². The van der Waals surface area contributed by atoms with E-state index in [9.17, 15) is 14.0 Å². The molecular formula is C19H20BrFN2O3. The quantitative estimate of drug-likeness (QED) is 0.714. The number of likely N-dealkylation sites (tertiary alicyclic amines) is 1. The first-order valence-corrected chi connectivity index (χ1v) is 9.30. The third-order valence-corrected chi connectivity index (χ3v) is 5.05. The molecule has 1 unspecified atom stereocenters. The summed E-state index contributed by atoms with van der Waals surface area (Å²) in [6.07, 6.45) is 1.74. The molecule has 3 rings (SSSR count). The predicted molar refractivity (Wildman–Crippen MR) is 97.4 cm³/mol. The van der Waals surface area contributed by atoms with Gasteiger partial charge in [-0.1, -0.05) is 15.9 Å². The molecular weight excluding hydrogens is 403 g/mol. The molecule has 0 aliphatic carbocycles. The second kappa shape index (κ2) is 8.03. The minimum absolute atomic E-state index is 0.0653. The van der Waals surface area contributed by atoms with Crippen LogP contribution in [-0.2, 0) is 22.7 Å². The van der Waals surface area contributed by atoms with E-state index in [0.29, 0.717) is 31.0 Å². The molecule has 0 N–H and O–H groups in total. The minimum Gasteiger partial charge on any atom is -0.467 e. The summed E-state index contributed by atoms with van der Waals surface area (Å²) in [4.78, 5) is 28.3. The number of carbonyl (C=O) groups excluding carboxylic acids is 2. The highest BCUT2D eigenvalue weighted by Gasteiger charge is 2.36. The first-order chi connectivity index (χ1) is 12.5. The zero-order valence-corrected chi connectivity index (χ0v) is 16.0. The molecule has 0 saturated carbocycles. The SMILES string of the molecule is CCN(Cc1cc(Br)ccc1F)C(=O)C1CC(=O)N(Cc2ccco2)C1. The smallest absolute Gasteiger partial charge is 0.228 e. The fourth-order valence-electron chi connectivity index (χ4n) is 3.15. The van der Waals surface area contributed by atoms with Crippen molar-refractivity contribution in [3.8, 4) is 0 Å². The van der Waals surface area contributed by atoms with Crippen molar-refractivity contribution in [2.45, 2.75) is 26.4 Å². The highest BCUT2D eigenvalue weighted by atomic mass is 79.9. The Morgan fingerprint density at radius 1 is 1.42 bits per heavy atom. The van der Waals surface area contributed by atoms with Crippen LogP contribution in [0.25, 0.3) is 0 Å². The minimum atomic E-state index is -0.410. The van der Waals surface area contributed by atoms with E-state index in [0.717, 1.165) is 4.47 Å². The fraction of sp³-hybridized carbons (Fsp3) is 0.368. The van der Waals surface area contributed by atoms with E-state index in [1.54, 1.807) is 40.3 Å². The van der Waals surface area contributed by atoms with Crippen LogP contribution < -0.4 is 0 Å². The molecule has 1 atom stereocenters. The Morgan fingerprint density at radius 2 is 2.23 bits per heavy atom. The molecule has 1 aromatic heterocycles. The summed E-state index contributed by atoms with van der Waals surface area (Å²) < 4.78 is 20.0. The summed E-state index contributed by atoms with van der Waals surface area (Å²) in [5.74, 6) is -0.254. The first kappa shape index (κ1) is 18.6. The van der Waals surface area contributed by atoms with Gasteiger partial charge in [0.15, 0.2) is 0 Å². The molecule has 1 aliphatic heterocycles. The Labute approximate surface area is 159 Å². The van der Waals surface area contributed by atoms with Crippen molar-refractivity contribution in [3.63, 3.8) is 0 Å². The zero-order valence-electron chi connectivity index (χ0n) is 14.5. The van der Waals surface area contributed by atoms with Crippen LogP contribution >= 0.6 is 15.9 Å². The van der Waals surface area contributed by atoms with Crippen molar-refractivity contribution >= 4 is 27.7 Å². The van der Waals surface area contributed by atoms with E-state index in [4.69, 9.17) is 4.42 Å². The second-order valence-electron chi connectivity index (χ2n) is 6.34. The number of nitrogens with zero attached hydrogens (tertiary/aromatic N) is 2. The molecule has 5 nitrogen and oxygen atoms in total. The Morgan fingerprint density at radius 3 is 2.92 bits per heavy atom. The van der Waals surface area contributed by atoms with Crippen LogP contribution in [0.15, 0.2) is 45.5 Å². The summed E-state index contributed by atoms with van der Waals surface area (Å²) in [5.41, 5.74) is 0.450. The van der Waals surface area contributed by atoms with E-state index in [1.807, 2.05) is 6.92 Å². The number of hydrogen-bond donors (Lipinski definition) is 0. The van der Waals surface area contributed by atoms with Crippen molar-refractivity contribution in [2.24, 2.45) is 5.92 Å². The van der Waals surface area contributed by atoms with Gasteiger partial charge < -0.3 is 14.2 Å². The standard InChI is InChI=1S/C19H20BrFN2O3/c1-2-22(10-13-8-15(20)5-6-17(13)21)19(25)14-9-18(24)23(11-14)12-16-4-3-7-26-16/h3-8,14H,2,9-12H2,1H3. The maximum Gasteiger partial charge on any atom is 0.228 e. The Kier molecular flexibility index (Phi) is 5.76. The summed E-state index contributed by atoms with van der Waals surface area (Å²) in [5, 5.41) is 0.